The molecule has 96 valence electrons. The highest BCUT2D eigenvalue weighted by Crippen LogP contribution is 2.25. The van der Waals surface area contributed by atoms with Crippen LogP contribution in [0.5, 0.6) is 0 Å². The highest BCUT2D eigenvalue weighted by molar-refractivity contribution is 6.16. The fourth-order valence-corrected chi connectivity index (χ4v) is 2.79. The number of aryl methyl sites for hydroxylation is 1. The Hall–Kier alpha value is -2.22. The van der Waals surface area contributed by atoms with Crippen LogP contribution in [0.25, 0.3) is 0 Å². The van der Waals surface area contributed by atoms with E-state index in [-0.39, 0.29) is 11.7 Å². The van der Waals surface area contributed by atoms with E-state index in [2.05, 4.69) is 11.3 Å². The van der Waals surface area contributed by atoms with E-state index < -0.39 is 0 Å². The van der Waals surface area contributed by atoms with Gasteiger partial charge in [0.05, 0.1) is 12.1 Å². The van der Waals surface area contributed by atoms with Gasteiger partial charge in [0.2, 0.25) is 5.71 Å². The van der Waals surface area contributed by atoms with Gasteiger partial charge in [-0.2, -0.15) is 5.26 Å². The number of halogens is 1. The summed E-state index contributed by atoms with van der Waals surface area (Å²) in [4.78, 5) is 1.66. The molecule has 4 nitrogen and oxygen atoms in total. The molecule has 19 heavy (non-hydrogen) atoms. The number of rotatable bonds is 1. The zero-order chi connectivity index (χ0) is 13.6. The Morgan fingerprint density at radius 2 is 2.32 bits per heavy atom. The summed E-state index contributed by atoms with van der Waals surface area (Å²) in [5, 5.41) is 13.4. The van der Waals surface area contributed by atoms with Crippen LogP contribution >= 0.6 is 0 Å². The summed E-state index contributed by atoms with van der Waals surface area (Å²) in [6.07, 6.45) is 2.13. The molecule has 0 aliphatic carbocycles. The van der Waals surface area contributed by atoms with E-state index >= 15 is 0 Å². The second-order valence-corrected chi connectivity index (χ2v) is 5.02. The van der Waals surface area contributed by atoms with Crippen molar-refractivity contribution in [3.05, 3.63) is 35.1 Å². The molecule has 3 rings (SSSR count). The minimum atomic E-state index is -0.237. The van der Waals surface area contributed by atoms with Crippen LogP contribution in [-0.2, 0) is 0 Å². The average molecular weight is 257 g/mol. The Labute approximate surface area is 111 Å². The first-order valence-electron chi connectivity index (χ1n) is 6.19. The standard InChI is InChI=1S/C14H14FN4/c1-9-3-4-12(15)10(5-9)14-11-6-19(8-16)7-13(11)17-18(14)2/h3-5,11H,6-7H2,1-2H3/q+1. The molecule has 1 aromatic rings. The van der Waals surface area contributed by atoms with Gasteiger partial charge in [-0.05, 0) is 24.2 Å². The molecule has 0 aromatic heterocycles. The second kappa shape index (κ2) is 4.16. The summed E-state index contributed by atoms with van der Waals surface area (Å²) in [5.41, 5.74) is 3.40. The van der Waals surface area contributed by atoms with Gasteiger partial charge in [0, 0.05) is 6.54 Å². The molecule has 0 bridgehead atoms. The molecule has 0 radical (unpaired) electrons. The van der Waals surface area contributed by atoms with Crippen LogP contribution in [0.2, 0.25) is 0 Å². The van der Waals surface area contributed by atoms with Crippen LogP contribution in [0.3, 0.4) is 0 Å². The molecule has 1 unspecified atom stereocenters. The molecule has 2 heterocycles. The van der Waals surface area contributed by atoms with Crippen molar-refractivity contribution < 1.29 is 9.07 Å². The smallest absolute Gasteiger partial charge is 0.229 e. The minimum Gasteiger partial charge on any atom is -0.303 e. The van der Waals surface area contributed by atoms with Crippen molar-refractivity contribution in [2.24, 2.45) is 11.0 Å². The quantitative estimate of drug-likeness (QED) is 0.563. The number of nitriles is 1. The molecule has 0 spiro atoms. The Balaban J connectivity index is 2.04. The van der Waals surface area contributed by atoms with Crippen LogP contribution in [-0.4, -0.2) is 41.1 Å². The maximum Gasteiger partial charge on any atom is 0.229 e. The van der Waals surface area contributed by atoms with Gasteiger partial charge >= 0.3 is 0 Å². The van der Waals surface area contributed by atoms with E-state index in [9.17, 15) is 4.39 Å². The van der Waals surface area contributed by atoms with Crippen molar-refractivity contribution >= 4 is 11.4 Å². The maximum atomic E-state index is 14.1. The van der Waals surface area contributed by atoms with Crippen molar-refractivity contribution in [2.45, 2.75) is 6.92 Å². The zero-order valence-electron chi connectivity index (χ0n) is 10.9. The predicted molar refractivity (Wildman–Crippen MR) is 69.5 cm³/mol. The predicted octanol–water partition coefficient (Wildman–Crippen LogP) is 1.35. The summed E-state index contributed by atoms with van der Waals surface area (Å²) in [7, 11) is 1.83. The number of hydrogen-bond acceptors (Lipinski definition) is 3. The molecule has 2 aliphatic heterocycles. The first kappa shape index (κ1) is 11.8. The molecular formula is C14H14FN4+. The summed E-state index contributed by atoms with van der Waals surface area (Å²) in [6, 6.07) is 5.08. The SMILES string of the molecule is Cc1ccc(F)c(C2=[N+](C)N=C3CN(C#N)CC32)c1. The summed E-state index contributed by atoms with van der Waals surface area (Å²) in [5.74, 6) is -0.208. The van der Waals surface area contributed by atoms with Gasteiger partial charge in [0.15, 0.2) is 13.2 Å². The van der Waals surface area contributed by atoms with Crippen molar-refractivity contribution in [1.29, 1.82) is 5.26 Å². The van der Waals surface area contributed by atoms with Crippen molar-refractivity contribution in [3.8, 4) is 6.19 Å². The van der Waals surface area contributed by atoms with Crippen molar-refractivity contribution in [2.75, 3.05) is 20.1 Å². The van der Waals surface area contributed by atoms with Crippen molar-refractivity contribution in [3.63, 3.8) is 0 Å². The van der Waals surface area contributed by atoms with Crippen molar-refractivity contribution in [1.82, 2.24) is 4.90 Å². The Morgan fingerprint density at radius 1 is 1.53 bits per heavy atom. The lowest BCUT2D eigenvalue weighted by Crippen LogP contribution is -2.25. The van der Waals surface area contributed by atoms with E-state index in [1.807, 2.05) is 20.0 Å². The van der Waals surface area contributed by atoms with Crippen LogP contribution in [0.4, 0.5) is 4.39 Å². The van der Waals surface area contributed by atoms with Crippen LogP contribution in [0.1, 0.15) is 11.1 Å². The molecule has 1 fully saturated rings. The molecule has 0 N–H and O–H groups in total. The monoisotopic (exact) mass is 257 g/mol. The Kier molecular flexibility index (Phi) is 2.59. The number of nitrogens with zero attached hydrogens (tertiary/aromatic N) is 4. The number of likely N-dealkylation sites (tertiary alicyclic amines) is 1. The van der Waals surface area contributed by atoms with Gasteiger partial charge in [-0.15, -0.1) is 0 Å². The summed E-state index contributed by atoms with van der Waals surface area (Å²) >= 11 is 0. The fraction of sp³-hybridized carbons (Fsp3) is 0.357. The summed E-state index contributed by atoms with van der Waals surface area (Å²) in [6.45, 7) is 3.07. The van der Waals surface area contributed by atoms with E-state index in [1.54, 1.807) is 15.7 Å². The molecular weight excluding hydrogens is 243 g/mol. The van der Waals surface area contributed by atoms with E-state index in [0.717, 1.165) is 17.0 Å². The second-order valence-electron chi connectivity index (χ2n) is 5.02. The highest BCUT2D eigenvalue weighted by Gasteiger charge is 2.44. The first-order valence-corrected chi connectivity index (χ1v) is 6.19. The fourth-order valence-electron chi connectivity index (χ4n) is 2.79. The van der Waals surface area contributed by atoms with Gasteiger partial charge in [-0.3, -0.25) is 0 Å². The third kappa shape index (κ3) is 1.80. The first-order chi connectivity index (χ1) is 9.10. The number of hydrogen-bond donors (Lipinski definition) is 0. The van der Waals surface area contributed by atoms with Gasteiger partial charge < -0.3 is 4.90 Å². The van der Waals surface area contributed by atoms with E-state index in [4.69, 9.17) is 5.26 Å². The summed E-state index contributed by atoms with van der Waals surface area (Å²) < 4.78 is 15.8. The van der Waals surface area contributed by atoms with Crippen LogP contribution in [0.15, 0.2) is 23.3 Å². The maximum absolute atomic E-state index is 14.1. The lowest BCUT2D eigenvalue weighted by atomic mass is 9.94. The topological polar surface area (TPSA) is 42.4 Å². The lowest BCUT2D eigenvalue weighted by molar-refractivity contribution is -0.499. The molecule has 1 atom stereocenters. The van der Waals surface area contributed by atoms with Gasteiger partial charge in [-0.1, -0.05) is 16.3 Å². The van der Waals surface area contributed by atoms with E-state index in [0.29, 0.717) is 18.7 Å². The molecule has 2 aliphatic rings. The molecule has 0 amide bonds. The largest absolute Gasteiger partial charge is 0.303 e. The van der Waals surface area contributed by atoms with Gasteiger partial charge in [-0.25, -0.2) is 4.39 Å². The average Bonchev–Trinajstić information content (AvgIpc) is 2.88. The molecule has 1 saturated heterocycles. The van der Waals surface area contributed by atoms with Gasteiger partial charge in [0.25, 0.3) is 0 Å². The normalized spacial score (nSPS) is 21.5. The van der Waals surface area contributed by atoms with Gasteiger partial charge in [0.1, 0.15) is 17.4 Å². The Bertz CT molecular complexity index is 654. The molecule has 5 heteroatoms. The highest BCUT2D eigenvalue weighted by atomic mass is 19.1. The number of benzene rings is 1. The number of hydrazone groups is 1. The molecule has 1 aromatic carbocycles. The zero-order valence-corrected chi connectivity index (χ0v) is 10.9. The Morgan fingerprint density at radius 3 is 3.05 bits per heavy atom. The lowest BCUT2D eigenvalue weighted by Gasteiger charge is -2.08. The minimum absolute atomic E-state index is 0.0287. The third-order valence-electron chi connectivity index (χ3n) is 3.65. The van der Waals surface area contributed by atoms with Crippen LogP contribution in [0, 0.1) is 30.1 Å². The van der Waals surface area contributed by atoms with E-state index in [1.165, 1.54) is 6.07 Å². The number of fused-ring (bicyclic) bond motifs is 1. The molecule has 0 saturated carbocycles. The van der Waals surface area contributed by atoms with Crippen LogP contribution < -0.4 is 0 Å². The third-order valence-corrected chi connectivity index (χ3v) is 3.65.